The van der Waals surface area contributed by atoms with Gasteiger partial charge in [0.25, 0.3) is 5.91 Å². The third kappa shape index (κ3) is 2.97. The fourth-order valence-corrected chi connectivity index (χ4v) is 3.15. The first-order valence-electron chi connectivity index (χ1n) is 5.04. The van der Waals surface area contributed by atoms with Gasteiger partial charge in [0, 0.05) is 9.88 Å². The van der Waals surface area contributed by atoms with Crippen LogP contribution in [0.3, 0.4) is 0 Å². The van der Waals surface area contributed by atoms with Crippen molar-refractivity contribution >= 4 is 31.7 Å². The van der Waals surface area contributed by atoms with Gasteiger partial charge < -0.3 is 5.32 Å². The van der Waals surface area contributed by atoms with Crippen LogP contribution in [0.2, 0.25) is 0 Å². The number of carbonyl (C=O) groups is 1. The van der Waals surface area contributed by atoms with Gasteiger partial charge in [-0.3, -0.25) is 4.79 Å². The predicted molar refractivity (Wildman–Crippen MR) is 68.3 cm³/mol. The van der Waals surface area contributed by atoms with E-state index in [-0.39, 0.29) is 11.3 Å². The molecule has 0 spiro atoms. The van der Waals surface area contributed by atoms with Crippen LogP contribution >= 0.6 is 15.9 Å². The van der Waals surface area contributed by atoms with Crippen molar-refractivity contribution in [3.05, 3.63) is 45.5 Å². The highest BCUT2D eigenvalue weighted by molar-refractivity contribution is 9.10. The van der Waals surface area contributed by atoms with E-state index < -0.39 is 27.6 Å². The molecule has 1 aromatic rings. The lowest BCUT2D eigenvalue weighted by Crippen LogP contribution is -2.35. The van der Waals surface area contributed by atoms with E-state index in [1.807, 2.05) is 0 Å². The van der Waals surface area contributed by atoms with Crippen LogP contribution in [0, 0.1) is 5.82 Å². The molecule has 0 saturated heterocycles. The highest BCUT2D eigenvalue weighted by Gasteiger charge is 2.24. The lowest BCUT2D eigenvalue weighted by atomic mass is 10.2. The minimum Gasteiger partial charge on any atom is -0.345 e. The van der Waals surface area contributed by atoms with Gasteiger partial charge in [0.05, 0.1) is 17.4 Å². The number of hydrogen-bond donors (Lipinski definition) is 1. The van der Waals surface area contributed by atoms with Crippen LogP contribution in [0.1, 0.15) is 10.4 Å². The number of sulfone groups is 1. The summed E-state index contributed by atoms with van der Waals surface area (Å²) in [5, 5.41) is 3.50. The maximum atomic E-state index is 13.5. The summed E-state index contributed by atoms with van der Waals surface area (Å²) < 4.78 is 36.3. The average Bonchev–Trinajstić information content (AvgIpc) is 2.57. The second-order valence-electron chi connectivity index (χ2n) is 3.86. The number of halogens is 2. The predicted octanol–water partition coefficient (Wildman–Crippen LogP) is 1.63. The summed E-state index contributed by atoms with van der Waals surface area (Å²) >= 11 is 3.09. The zero-order chi connectivity index (χ0) is 13.3. The average molecular weight is 334 g/mol. The molecule has 0 aromatic heterocycles. The molecule has 96 valence electrons. The fourth-order valence-electron chi connectivity index (χ4n) is 1.59. The first kappa shape index (κ1) is 13.2. The maximum Gasteiger partial charge on any atom is 0.254 e. The molecule has 0 radical (unpaired) electrons. The van der Waals surface area contributed by atoms with Gasteiger partial charge in [-0.05, 0) is 24.3 Å². The molecule has 4 nitrogen and oxygen atoms in total. The SMILES string of the molecule is O=C(NC1C=CS(=O)(=O)C1)c1ccc(Br)cc1F. The molecular formula is C11H9BrFNO3S. The van der Waals surface area contributed by atoms with Gasteiger partial charge in [0.2, 0.25) is 0 Å². The van der Waals surface area contributed by atoms with Crippen molar-refractivity contribution in [1.82, 2.24) is 5.32 Å². The molecule has 1 aromatic carbocycles. The van der Waals surface area contributed by atoms with Crippen molar-refractivity contribution in [1.29, 1.82) is 0 Å². The summed E-state index contributed by atoms with van der Waals surface area (Å²) in [4.78, 5) is 11.7. The minimum absolute atomic E-state index is 0.115. The van der Waals surface area contributed by atoms with E-state index in [4.69, 9.17) is 0 Å². The van der Waals surface area contributed by atoms with Crippen molar-refractivity contribution in [3.63, 3.8) is 0 Å². The topological polar surface area (TPSA) is 63.2 Å². The molecule has 0 saturated carbocycles. The van der Waals surface area contributed by atoms with Gasteiger partial charge >= 0.3 is 0 Å². The normalized spacial score (nSPS) is 20.9. The van der Waals surface area contributed by atoms with Gasteiger partial charge in [0.15, 0.2) is 9.84 Å². The molecular weight excluding hydrogens is 325 g/mol. The van der Waals surface area contributed by atoms with E-state index >= 15 is 0 Å². The molecule has 1 unspecified atom stereocenters. The van der Waals surface area contributed by atoms with E-state index in [1.54, 1.807) is 6.07 Å². The van der Waals surface area contributed by atoms with Crippen molar-refractivity contribution in [3.8, 4) is 0 Å². The second-order valence-corrected chi connectivity index (χ2v) is 6.71. The van der Waals surface area contributed by atoms with Gasteiger partial charge in [-0.25, -0.2) is 12.8 Å². The molecule has 1 aliphatic rings. The van der Waals surface area contributed by atoms with Crippen molar-refractivity contribution in [2.24, 2.45) is 0 Å². The van der Waals surface area contributed by atoms with Gasteiger partial charge in [0.1, 0.15) is 5.82 Å². The van der Waals surface area contributed by atoms with E-state index in [0.717, 1.165) is 5.41 Å². The molecule has 1 amide bonds. The van der Waals surface area contributed by atoms with Crippen LogP contribution in [0.4, 0.5) is 4.39 Å². The molecule has 1 heterocycles. The monoisotopic (exact) mass is 333 g/mol. The standard InChI is InChI=1S/C11H9BrFNO3S/c12-7-1-2-9(10(13)5-7)11(15)14-8-3-4-18(16,17)6-8/h1-5,8H,6H2,(H,14,15). The number of amides is 1. The van der Waals surface area contributed by atoms with Crippen molar-refractivity contribution in [2.45, 2.75) is 6.04 Å². The summed E-state index contributed by atoms with van der Waals surface area (Å²) in [5.74, 6) is -1.48. The summed E-state index contributed by atoms with van der Waals surface area (Å²) in [7, 11) is -3.24. The van der Waals surface area contributed by atoms with Crippen LogP contribution in [-0.2, 0) is 9.84 Å². The summed E-state index contributed by atoms with van der Waals surface area (Å²) in [5.41, 5.74) is -0.115. The van der Waals surface area contributed by atoms with Crippen LogP contribution in [0.5, 0.6) is 0 Å². The highest BCUT2D eigenvalue weighted by Crippen LogP contribution is 2.16. The summed E-state index contributed by atoms with van der Waals surface area (Å²) in [6, 6.07) is 3.45. The van der Waals surface area contributed by atoms with Crippen molar-refractivity contribution < 1.29 is 17.6 Å². The molecule has 7 heteroatoms. The Labute approximate surface area is 112 Å². The Hall–Kier alpha value is -1.21. The molecule has 0 fully saturated rings. The fraction of sp³-hybridized carbons (Fsp3) is 0.182. The number of rotatable bonds is 2. The molecule has 1 atom stereocenters. The number of benzene rings is 1. The number of nitrogens with one attached hydrogen (secondary N) is 1. The van der Waals surface area contributed by atoms with E-state index in [0.29, 0.717) is 4.47 Å². The Kier molecular flexibility index (Phi) is 3.54. The lowest BCUT2D eigenvalue weighted by molar-refractivity contribution is 0.0943. The lowest BCUT2D eigenvalue weighted by Gasteiger charge is -2.10. The molecule has 0 aliphatic carbocycles. The quantitative estimate of drug-likeness (QED) is 0.894. The van der Waals surface area contributed by atoms with Crippen molar-refractivity contribution in [2.75, 3.05) is 5.75 Å². The van der Waals surface area contributed by atoms with Crippen LogP contribution in [0.25, 0.3) is 0 Å². The van der Waals surface area contributed by atoms with Gasteiger partial charge in [-0.15, -0.1) is 0 Å². The zero-order valence-corrected chi connectivity index (χ0v) is 11.5. The van der Waals surface area contributed by atoms with Crippen LogP contribution in [-0.4, -0.2) is 26.1 Å². The smallest absolute Gasteiger partial charge is 0.254 e. The largest absolute Gasteiger partial charge is 0.345 e. The zero-order valence-electron chi connectivity index (χ0n) is 9.06. The molecule has 0 bridgehead atoms. The molecule has 1 N–H and O–H groups in total. The number of carbonyl (C=O) groups excluding carboxylic acids is 1. The minimum atomic E-state index is -3.24. The van der Waals surface area contributed by atoms with Crippen LogP contribution < -0.4 is 5.32 Å². The highest BCUT2D eigenvalue weighted by atomic mass is 79.9. The van der Waals surface area contributed by atoms with E-state index in [2.05, 4.69) is 21.2 Å². The Bertz CT molecular complexity index is 627. The van der Waals surface area contributed by atoms with Gasteiger partial charge in [-0.1, -0.05) is 15.9 Å². The van der Waals surface area contributed by atoms with E-state index in [9.17, 15) is 17.6 Å². The number of hydrogen-bond acceptors (Lipinski definition) is 3. The van der Waals surface area contributed by atoms with Crippen LogP contribution in [0.15, 0.2) is 34.2 Å². The first-order chi connectivity index (χ1) is 8.37. The summed E-state index contributed by atoms with van der Waals surface area (Å²) in [6.07, 6.45) is 1.38. The van der Waals surface area contributed by atoms with E-state index in [1.165, 1.54) is 18.2 Å². The summed E-state index contributed by atoms with van der Waals surface area (Å²) in [6.45, 7) is 0. The maximum absolute atomic E-state index is 13.5. The molecule has 18 heavy (non-hydrogen) atoms. The Morgan fingerprint density at radius 3 is 2.72 bits per heavy atom. The first-order valence-corrected chi connectivity index (χ1v) is 7.55. The Balaban J connectivity index is 2.12. The molecule has 2 rings (SSSR count). The second kappa shape index (κ2) is 4.81. The molecule has 1 aliphatic heterocycles. The Morgan fingerprint density at radius 2 is 2.17 bits per heavy atom. The Morgan fingerprint density at radius 1 is 1.44 bits per heavy atom. The third-order valence-electron chi connectivity index (χ3n) is 2.42. The third-order valence-corrected chi connectivity index (χ3v) is 4.31. The van der Waals surface area contributed by atoms with Gasteiger partial charge in [-0.2, -0.15) is 0 Å².